The lowest BCUT2D eigenvalue weighted by atomic mass is 9.81. The molecular weight excluding hydrogens is 138 g/mol. The van der Waals surface area contributed by atoms with Crippen LogP contribution in [0.5, 0.6) is 0 Å². The minimum atomic E-state index is -0.847. The Morgan fingerprint density at radius 2 is 2.55 bits per heavy atom. The molecule has 2 nitrogen and oxygen atoms in total. The summed E-state index contributed by atoms with van der Waals surface area (Å²) in [5.41, 5.74) is -0.847. The van der Waals surface area contributed by atoms with Gasteiger partial charge in [-0.2, -0.15) is 0 Å². The van der Waals surface area contributed by atoms with Crippen LogP contribution in [0.25, 0.3) is 0 Å². The highest BCUT2D eigenvalue weighted by atomic mass is 16.3. The molecule has 0 aromatic heterocycles. The van der Waals surface area contributed by atoms with Crippen molar-refractivity contribution in [3.05, 3.63) is 0 Å². The van der Waals surface area contributed by atoms with E-state index in [1.807, 2.05) is 0 Å². The highest BCUT2D eigenvalue weighted by Crippen LogP contribution is 2.25. The number of hydrogen-bond donors (Lipinski definition) is 2. The van der Waals surface area contributed by atoms with Crippen LogP contribution >= 0.6 is 0 Å². The Balaban J connectivity index is 2.67. The van der Waals surface area contributed by atoms with Crippen LogP contribution < -0.4 is 5.32 Å². The first-order chi connectivity index (χ1) is 5.23. The third-order valence-corrected chi connectivity index (χ3v) is 2.49. The molecule has 0 aromatic carbocycles. The molecule has 2 unspecified atom stereocenters. The van der Waals surface area contributed by atoms with Crippen LogP contribution in [0.3, 0.4) is 0 Å². The van der Waals surface area contributed by atoms with Gasteiger partial charge in [0.15, 0.2) is 0 Å². The molecule has 11 heavy (non-hydrogen) atoms. The molecule has 0 radical (unpaired) electrons. The van der Waals surface area contributed by atoms with E-state index in [0.717, 1.165) is 19.5 Å². The minimum absolute atomic E-state index is 0.223. The van der Waals surface area contributed by atoms with E-state index in [0.29, 0.717) is 6.42 Å². The Morgan fingerprint density at radius 1 is 1.82 bits per heavy atom. The summed E-state index contributed by atoms with van der Waals surface area (Å²) in [5.74, 6) is 2.72. The molecule has 2 N–H and O–H groups in total. The molecule has 0 aliphatic carbocycles. The molecular formula is C9H15NO. The van der Waals surface area contributed by atoms with Gasteiger partial charge in [0.25, 0.3) is 0 Å². The van der Waals surface area contributed by atoms with Crippen molar-refractivity contribution in [2.75, 3.05) is 13.1 Å². The average molecular weight is 153 g/mol. The molecule has 0 saturated carbocycles. The number of nitrogens with one attached hydrogen (secondary N) is 1. The Labute approximate surface area is 68.0 Å². The van der Waals surface area contributed by atoms with Crippen LogP contribution in [0.2, 0.25) is 0 Å². The van der Waals surface area contributed by atoms with Crippen LogP contribution in [-0.4, -0.2) is 23.8 Å². The van der Waals surface area contributed by atoms with Crippen LogP contribution in [0.4, 0.5) is 0 Å². The average Bonchev–Trinajstić information content (AvgIpc) is 2.05. The maximum absolute atomic E-state index is 9.86. The van der Waals surface area contributed by atoms with Gasteiger partial charge >= 0.3 is 0 Å². The molecule has 1 aliphatic rings. The third kappa shape index (κ3) is 1.55. The fourth-order valence-electron chi connectivity index (χ4n) is 1.60. The second-order valence-electron chi connectivity index (χ2n) is 3.13. The maximum atomic E-state index is 9.86. The highest BCUT2D eigenvalue weighted by Gasteiger charge is 2.35. The van der Waals surface area contributed by atoms with Gasteiger partial charge < -0.3 is 10.4 Å². The summed E-state index contributed by atoms with van der Waals surface area (Å²) in [5, 5.41) is 13.1. The number of hydrogen-bond acceptors (Lipinski definition) is 2. The molecule has 0 amide bonds. The minimum Gasteiger partial charge on any atom is -0.377 e. The molecule has 2 atom stereocenters. The first kappa shape index (κ1) is 8.58. The Morgan fingerprint density at radius 3 is 3.00 bits per heavy atom. The lowest BCUT2D eigenvalue weighted by Crippen LogP contribution is -2.49. The number of rotatable bonds is 1. The fraction of sp³-hybridized carbons (Fsp3) is 0.778. The Bertz CT molecular complexity index is 173. The van der Waals surface area contributed by atoms with Gasteiger partial charge in [-0.25, -0.2) is 0 Å². The zero-order chi connectivity index (χ0) is 8.32. The van der Waals surface area contributed by atoms with Gasteiger partial charge in [-0.1, -0.05) is 12.8 Å². The van der Waals surface area contributed by atoms with Gasteiger partial charge in [0.1, 0.15) is 5.60 Å². The van der Waals surface area contributed by atoms with Crippen LogP contribution in [0.1, 0.15) is 19.8 Å². The largest absolute Gasteiger partial charge is 0.377 e. The van der Waals surface area contributed by atoms with Crippen molar-refractivity contribution in [3.8, 4) is 12.3 Å². The summed E-state index contributed by atoms with van der Waals surface area (Å²) in [7, 11) is 0. The maximum Gasteiger partial charge on any atom is 0.130 e. The van der Waals surface area contributed by atoms with Crippen molar-refractivity contribution in [1.29, 1.82) is 0 Å². The fourth-order valence-corrected chi connectivity index (χ4v) is 1.60. The molecule has 1 saturated heterocycles. The van der Waals surface area contributed by atoms with Crippen LogP contribution in [-0.2, 0) is 0 Å². The third-order valence-electron chi connectivity index (χ3n) is 2.49. The molecule has 2 heteroatoms. The predicted octanol–water partition coefficient (Wildman–Crippen LogP) is 0.370. The van der Waals surface area contributed by atoms with Crippen molar-refractivity contribution in [2.45, 2.75) is 25.4 Å². The monoisotopic (exact) mass is 153 g/mol. The molecule has 1 fully saturated rings. The second kappa shape index (κ2) is 3.25. The van der Waals surface area contributed by atoms with Gasteiger partial charge in [-0.05, 0) is 13.0 Å². The predicted molar refractivity (Wildman–Crippen MR) is 45.1 cm³/mol. The van der Waals surface area contributed by atoms with E-state index in [2.05, 4.69) is 18.2 Å². The first-order valence-electron chi connectivity index (χ1n) is 4.14. The molecule has 1 rings (SSSR count). The second-order valence-corrected chi connectivity index (χ2v) is 3.13. The van der Waals surface area contributed by atoms with Gasteiger partial charge in [-0.3, -0.25) is 0 Å². The quantitative estimate of drug-likeness (QED) is 0.533. The summed E-state index contributed by atoms with van der Waals surface area (Å²) in [6.07, 6.45) is 6.90. The van der Waals surface area contributed by atoms with Gasteiger partial charge in [0.05, 0.1) is 0 Å². The highest BCUT2D eigenvalue weighted by molar-refractivity contribution is 5.12. The van der Waals surface area contributed by atoms with E-state index in [4.69, 9.17) is 6.42 Å². The van der Waals surface area contributed by atoms with E-state index >= 15 is 0 Å². The summed E-state index contributed by atoms with van der Waals surface area (Å²) < 4.78 is 0. The standard InChI is InChI=1S/C9H15NO/c1-3-8-7-10-6-5-9(8,11)4-2/h2,8,10-11H,3,5-7H2,1H3. The molecule has 0 bridgehead atoms. The van der Waals surface area contributed by atoms with E-state index in [9.17, 15) is 5.11 Å². The van der Waals surface area contributed by atoms with Crippen LogP contribution in [0.15, 0.2) is 0 Å². The topological polar surface area (TPSA) is 32.3 Å². The van der Waals surface area contributed by atoms with Gasteiger partial charge in [0, 0.05) is 18.9 Å². The Hall–Kier alpha value is -0.520. The number of piperidine rings is 1. The summed E-state index contributed by atoms with van der Waals surface area (Å²) in [6.45, 7) is 3.73. The Kier molecular flexibility index (Phi) is 2.53. The van der Waals surface area contributed by atoms with Gasteiger partial charge in [-0.15, -0.1) is 6.42 Å². The first-order valence-corrected chi connectivity index (χ1v) is 4.14. The van der Waals surface area contributed by atoms with Crippen molar-refractivity contribution in [1.82, 2.24) is 5.32 Å². The molecule has 0 aromatic rings. The number of terminal acetylenes is 1. The van der Waals surface area contributed by atoms with E-state index < -0.39 is 5.60 Å². The lowest BCUT2D eigenvalue weighted by molar-refractivity contribution is 0.0113. The lowest BCUT2D eigenvalue weighted by Gasteiger charge is -2.35. The summed E-state index contributed by atoms with van der Waals surface area (Å²) in [6, 6.07) is 0. The summed E-state index contributed by atoms with van der Waals surface area (Å²) >= 11 is 0. The molecule has 1 aliphatic heterocycles. The van der Waals surface area contributed by atoms with Crippen LogP contribution in [0, 0.1) is 18.3 Å². The van der Waals surface area contributed by atoms with Crippen molar-refractivity contribution in [2.24, 2.45) is 5.92 Å². The zero-order valence-corrected chi connectivity index (χ0v) is 6.93. The molecule has 1 heterocycles. The summed E-state index contributed by atoms with van der Waals surface area (Å²) in [4.78, 5) is 0. The molecule has 62 valence electrons. The van der Waals surface area contributed by atoms with E-state index in [-0.39, 0.29) is 5.92 Å². The smallest absolute Gasteiger partial charge is 0.130 e. The van der Waals surface area contributed by atoms with E-state index in [1.165, 1.54) is 0 Å². The SMILES string of the molecule is C#CC1(O)CCNCC1CC. The van der Waals surface area contributed by atoms with Crippen molar-refractivity contribution in [3.63, 3.8) is 0 Å². The number of aliphatic hydroxyl groups is 1. The van der Waals surface area contributed by atoms with Crippen molar-refractivity contribution < 1.29 is 5.11 Å². The zero-order valence-electron chi connectivity index (χ0n) is 6.93. The normalized spacial score (nSPS) is 38.1. The van der Waals surface area contributed by atoms with E-state index in [1.54, 1.807) is 0 Å². The van der Waals surface area contributed by atoms with Gasteiger partial charge in [0.2, 0.25) is 0 Å². The molecule has 0 spiro atoms. The van der Waals surface area contributed by atoms with Crippen molar-refractivity contribution >= 4 is 0 Å².